The fourth-order valence-corrected chi connectivity index (χ4v) is 1.56. The Morgan fingerprint density at radius 3 is 2.70 bits per heavy atom. The number of nitrogens with zero attached hydrogens (tertiary/aromatic N) is 3. The molecule has 0 aromatic heterocycles. The number of amides is 1. The molecule has 2 aliphatic rings. The van der Waals surface area contributed by atoms with Gasteiger partial charge in [0.05, 0.1) is 13.2 Å². The van der Waals surface area contributed by atoms with Gasteiger partial charge in [0.1, 0.15) is 6.10 Å². The summed E-state index contributed by atoms with van der Waals surface area (Å²) in [6, 6.07) is -1.82. The van der Waals surface area contributed by atoms with Gasteiger partial charge >= 0.3 is 11.9 Å². The van der Waals surface area contributed by atoms with Gasteiger partial charge in [0.15, 0.2) is 6.23 Å². The molecule has 0 aromatic carbocycles. The van der Waals surface area contributed by atoms with E-state index in [0.29, 0.717) is 5.01 Å². The lowest BCUT2D eigenvalue weighted by Crippen LogP contribution is -2.48. The molecule has 1 amide bonds. The first-order chi connectivity index (χ1) is 9.51. The van der Waals surface area contributed by atoms with Crippen molar-refractivity contribution in [1.29, 1.82) is 0 Å². The molecule has 0 saturated carbocycles. The maximum atomic E-state index is 11.7. The van der Waals surface area contributed by atoms with Crippen LogP contribution >= 0.6 is 0 Å². The fourth-order valence-electron chi connectivity index (χ4n) is 1.56. The Bertz CT molecular complexity index is 503. The lowest BCUT2D eigenvalue weighted by atomic mass is 10.1. The number of rotatable bonds is 5. The molecule has 0 spiro atoms. The molecule has 108 valence electrons. The minimum absolute atomic E-state index is 0.0448. The van der Waals surface area contributed by atoms with Crippen molar-refractivity contribution in [3.8, 4) is 0 Å². The summed E-state index contributed by atoms with van der Waals surface area (Å²) < 4.78 is 9.32. The molecule has 10 heteroatoms. The number of hydrogen-bond acceptors (Lipinski definition) is 9. The third-order valence-electron chi connectivity index (χ3n) is 2.63. The second kappa shape index (κ2) is 5.43. The van der Waals surface area contributed by atoms with Gasteiger partial charge < -0.3 is 14.6 Å². The van der Waals surface area contributed by atoms with Crippen LogP contribution in [0.25, 0.3) is 0 Å². The highest BCUT2D eigenvalue weighted by Gasteiger charge is 2.52. The second-order valence-corrected chi connectivity index (χ2v) is 3.95. The topological polar surface area (TPSA) is 138 Å². The number of aliphatic hydroxyl groups is 1. The Morgan fingerprint density at radius 1 is 1.45 bits per heavy atom. The monoisotopic (exact) mass is 285 g/mol. The third kappa shape index (κ3) is 2.42. The maximum Gasteiger partial charge on any atom is 0.377 e. The number of aliphatic hydroxyl groups excluding tert-OH is 1. The smallest absolute Gasteiger partial charge is 0.377 e. The Kier molecular flexibility index (Phi) is 3.86. The summed E-state index contributed by atoms with van der Waals surface area (Å²) in [5, 5.41) is 16.2. The van der Waals surface area contributed by atoms with E-state index in [4.69, 9.17) is 9.84 Å². The van der Waals surface area contributed by atoms with Crippen LogP contribution in [0, 0.1) is 0 Å². The minimum Gasteiger partial charge on any atom is -0.460 e. The van der Waals surface area contributed by atoms with Gasteiger partial charge in [-0.25, -0.2) is 4.79 Å². The molecule has 1 saturated heterocycles. The lowest BCUT2D eigenvalue weighted by Gasteiger charge is -2.19. The van der Waals surface area contributed by atoms with Crippen LogP contribution in [-0.2, 0) is 28.7 Å². The average Bonchev–Trinajstić information content (AvgIpc) is 3.20. The van der Waals surface area contributed by atoms with Gasteiger partial charge in [0.25, 0.3) is 11.6 Å². The van der Waals surface area contributed by atoms with E-state index in [-0.39, 0.29) is 13.2 Å². The largest absolute Gasteiger partial charge is 0.460 e. The highest BCUT2D eigenvalue weighted by molar-refractivity contribution is 6.50. The van der Waals surface area contributed by atoms with E-state index in [1.54, 1.807) is 0 Å². The number of carbonyl (C=O) groups is 4. The highest BCUT2D eigenvalue weighted by atomic mass is 16.6. The predicted molar refractivity (Wildman–Crippen MR) is 57.9 cm³/mol. The number of Topliss-reactive ketones (excluding diaryl/α,β-unsaturated/α-hetero) is 2. The van der Waals surface area contributed by atoms with E-state index < -0.39 is 41.8 Å². The quantitative estimate of drug-likeness (QED) is 0.266. The van der Waals surface area contributed by atoms with Gasteiger partial charge in [-0.1, -0.05) is 5.22 Å². The van der Waals surface area contributed by atoms with Gasteiger partial charge in [-0.3, -0.25) is 14.4 Å². The van der Waals surface area contributed by atoms with E-state index >= 15 is 0 Å². The number of esters is 1. The molecule has 1 fully saturated rings. The van der Waals surface area contributed by atoms with Crippen LogP contribution in [-0.4, -0.2) is 65.1 Å². The van der Waals surface area contributed by atoms with Crippen LogP contribution in [0.4, 0.5) is 0 Å². The molecule has 0 bridgehead atoms. The molecule has 0 radical (unpaired) electrons. The van der Waals surface area contributed by atoms with Crippen molar-refractivity contribution in [3.63, 3.8) is 0 Å². The number of ketones is 2. The van der Waals surface area contributed by atoms with E-state index in [0.717, 1.165) is 0 Å². The Balaban J connectivity index is 2.10. The second-order valence-electron chi connectivity index (χ2n) is 3.95. The zero-order valence-corrected chi connectivity index (χ0v) is 10.4. The molecule has 3 atom stereocenters. The zero-order chi connectivity index (χ0) is 14.9. The first-order valence-electron chi connectivity index (χ1n) is 5.76. The number of hydrogen-bond donors (Lipinski definition) is 1. The van der Waals surface area contributed by atoms with Gasteiger partial charge in [-0.2, -0.15) is 5.01 Å². The van der Waals surface area contributed by atoms with Crippen LogP contribution in [0.1, 0.15) is 6.92 Å². The lowest BCUT2D eigenvalue weighted by molar-refractivity contribution is -0.158. The van der Waals surface area contributed by atoms with Crippen molar-refractivity contribution in [2.24, 2.45) is 10.3 Å². The molecule has 0 aromatic rings. The normalized spacial score (nSPS) is 28.5. The maximum absolute atomic E-state index is 11.7. The average molecular weight is 285 g/mol. The number of carbonyl (C=O) groups excluding carboxylic acids is 4. The third-order valence-corrected chi connectivity index (χ3v) is 2.63. The summed E-state index contributed by atoms with van der Waals surface area (Å²) in [5.41, 5.74) is 0. The standard InChI is InChI=1S/C10H11N3O7/c1-2-19-10(18)7(16)5-6(15)8(17)13(12-11-5)9-4(3-14)20-9/h4-5,9,14H,2-3H2,1H3. The van der Waals surface area contributed by atoms with Crippen molar-refractivity contribution >= 4 is 23.4 Å². The predicted octanol–water partition coefficient (Wildman–Crippen LogP) is -2.02. The molecule has 10 nitrogen and oxygen atoms in total. The molecule has 1 N–H and O–H groups in total. The number of ether oxygens (including phenoxy) is 2. The Morgan fingerprint density at radius 2 is 2.15 bits per heavy atom. The summed E-state index contributed by atoms with van der Waals surface area (Å²) in [6.45, 7) is 1.10. The van der Waals surface area contributed by atoms with Gasteiger partial charge in [-0.05, 0) is 6.92 Å². The summed E-state index contributed by atoms with van der Waals surface area (Å²) >= 11 is 0. The molecule has 3 unspecified atom stereocenters. The summed E-state index contributed by atoms with van der Waals surface area (Å²) in [4.78, 5) is 46.2. The van der Waals surface area contributed by atoms with E-state index in [1.807, 2.05) is 0 Å². The Hall–Kier alpha value is -2.20. The van der Waals surface area contributed by atoms with E-state index in [9.17, 15) is 19.2 Å². The first-order valence-corrected chi connectivity index (χ1v) is 5.76. The van der Waals surface area contributed by atoms with Crippen LogP contribution in [0.3, 0.4) is 0 Å². The molecule has 2 aliphatic heterocycles. The molecule has 2 rings (SSSR count). The van der Waals surface area contributed by atoms with Crippen molar-refractivity contribution < 1.29 is 33.8 Å². The van der Waals surface area contributed by atoms with Crippen molar-refractivity contribution in [2.45, 2.75) is 25.3 Å². The molecule has 0 aliphatic carbocycles. The van der Waals surface area contributed by atoms with Crippen molar-refractivity contribution in [1.82, 2.24) is 5.01 Å². The SMILES string of the molecule is CCOC(=O)C(=O)C1N=NN(C2OC2CO)C(=O)C1=O. The fraction of sp³-hybridized carbons (Fsp3) is 0.600. The van der Waals surface area contributed by atoms with Crippen molar-refractivity contribution in [3.05, 3.63) is 0 Å². The zero-order valence-electron chi connectivity index (χ0n) is 10.4. The Labute approximate surface area is 112 Å². The van der Waals surface area contributed by atoms with Gasteiger partial charge in [0, 0.05) is 0 Å². The summed E-state index contributed by atoms with van der Waals surface area (Å²) in [5.74, 6) is -4.81. The van der Waals surface area contributed by atoms with E-state index in [1.165, 1.54) is 6.92 Å². The summed E-state index contributed by atoms with van der Waals surface area (Å²) in [7, 11) is 0. The number of epoxide rings is 1. The minimum atomic E-state index is -1.82. The highest BCUT2D eigenvalue weighted by Crippen LogP contribution is 2.28. The molecular weight excluding hydrogens is 274 g/mol. The van der Waals surface area contributed by atoms with Crippen molar-refractivity contribution in [2.75, 3.05) is 13.2 Å². The van der Waals surface area contributed by atoms with Crippen LogP contribution in [0.5, 0.6) is 0 Å². The summed E-state index contributed by atoms with van der Waals surface area (Å²) in [6.07, 6.45) is -1.51. The van der Waals surface area contributed by atoms with Crippen LogP contribution in [0.2, 0.25) is 0 Å². The van der Waals surface area contributed by atoms with Crippen LogP contribution in [0.15, 0.2) is 10.3 Å². The van der Waals surface area contributed by atoms with Crippen LogP contribution < -0.4 is 0 Å². The van der Waals surface area contributed by atoms with Gasteiger partial charge in [-0.15, -0.1) is 5.11 Å². The van der Waals surface area contributed by atoms with E-state index in [2.05, 4.69) is 15.1 Å². The molecule has 20 heavy (non-hydrogen) atoms. The molecular formula is C10H11N3O7. The molecule has 2 heterocycles. The van der Waals surface area contributed by atoms with Gasteiger partial charge in [0.2, 0.25) is 6.04 Å². The first kappa shape index (κ1) is 14.2.